The van der Waals surface area contributed by atoms with Crippen molar-refractivity contribution in [3.8, 4) is 5.75 Å². The van der Waals surface area contributed by atoms with Crippen LogP contribution in [0.2, 0.25) is 0 Å². The van der Waals surface area contributed by atoms with E-state index in [-0.39, 0.29) is 11.7 Å². The number of nitrogens with one attached hydrogen (secondary N) is 1. The number of carbonyl (C=O) groups excluding carboxylic acids is 1. The van der Waals surface area contributed by atoms with E-state index in [1.54, 1.807) is 12.1 Å². The number of ketones is 1. The fourth-order valence-corrected chi connectivity index (χ4v) is 2.13. The predicted octanol–water partition coefficient (Wildman–Crippen LogP) is 0.981. The maximum Gasteiger partial charge on any atom is 0.268 e. The molecule has 1 aromatic rings. The zero-order chi connectivity index (χ0) is 11.1. The van der Waals surface area contributed by atoms with Crippen LogP contribution in [0.15, 0.2) is 18.2 Å². The van der Waals surface area contributed by atoms with Gasteiger partial charge in [-0.15, -0.1) is 0 Å². The highest BCUT2D eigenvalue weighted by atomic mass is 32.2. The average Bonchev–Trinajstić information content (AvgIpc) is 2.15. The number of sulfonamides is 1. The Hall–Kier alpha value is -1.56. The fourth-order valence-electron chi connectivity index (χ4n) is 1.29. The van der Waals surface area contributed by atoms with E-state index in [4.69, 9.17) is 4.74 Å². The summed E-state index contributed by atoms with van der Waals surface area (Å²) in [5.74, 6) is -0.0724. The molecule has 0 atom stereocenters. The van der Waals surface area contributed by atoms with Gasteiger partial charge in [0.05, 0.1) is 5.69 Å². The van der Waals surface area contributed by atoms with Gasteiger partial charge >= 0.3 is 0 Å². The second-order valence-electron chi connectivity index (χ2n) is 3.25. The first kappa shape index (κ1) is 9.97. The summed E-state index contributed by atoms with van der Waals surface area (Å²) in [6.07, 6.45) is 0. The van der Waals surface area contributed by atoms with Gasteiger partial charge in [0.1, 0.15) is 5.75 Å². The summed E-state index contributed by atoms with van der Waals surface area (Å²) in [4.78, 5) is 11.1. The van der Waals surface area contributed by atoms with E-state index in [1.807, 2.05) is 0 Å². The van der Waals surface area contributed by atoms with Crippen molar-refractivity contribution in [3.05, 3.63) is 23.8 Å². The van der Waals surface area contributed by atoms with Gasteiger partial charge < -0.3 is 4.74 Å². The first-order chi connectivity index (χ1) is 6.98. The summed E-state index contributed by atoms with van der Waals surface area (Å²) in [5.41, 5.74) is 0.760. The second-order valence-corrected chi connectivity index (χ2v) is 4.92. The third kappa shape index (κ3) is 1.94. The lowest BCUT2D eigenvalue weighted by Crippen LogP contribution is -2.25. The maximum absolute atomic E-state index is 11.2. The molecule has 0 aromatic heterocycles. The molecule has 6 heteroatoms. The highest BCUT2D eigenvalue weighted by molar-refractivity contribution is 7.92. The van der Waals surface area contributed by atoms with E-state index < -0.39 is 10.0 Å². The lowest BCUT2D eigenvalue weighted by molar-refractivity contribution is 0.101. The van der Waals surface area contributed by atoms with Crippen LogP contribution in [0.1, 0.15) is 17.3 Å². The van der Waals surface area contributed by atoms with Crippen molar-refractivity contribution in [2.75, 3.05) is 10.7 Å². The van der Waals surface area contributed by atoms with Crippen molar-refractivity contribution in [2.45, 2.75) is 6.92 Å². The van der Waals surface area contributed by atoms with Crippen molar-refractivity contribution in [2.24, 2.45) is 0 Å². The van der Waals surface area contributed by atoms with Crippen molar-refractivity contribution in [1.82, 2.24) is 0 Å². The number of ether oxygens (including phenoxy) is 1. The molecule has 0 spiro atoms. The van der Waals surface area contributed by atoms with Gasteiger partial charge in [-0.1, -0.05) is 0 Å². The Morgan fingerprint density at radius 3 is 2.87 bits per heavy atom. The Kier molecular flexibility index (Phi) is 2.15. The number of Topliss-reactive ketones (excluding diaryl/α,β-unsaturated/α-hetero) is 1. The van der Waals surface area contributed by atoms with Crippen LogP contribution in [0, 0.1) is 0 Å². The number of carbonyl (C=O) groups is 1. The van der Waals surface area contributed by atoms with Gasteiger partial charge in [-0.25, -0.2) is 8.42 Å². The van der Waals surface area contributed by atoms with Crippen LogP contribution in [0.4, 0.5) is 5.69 Å². The minimum atomic E-state index is -3.42. The van der Waals surface area contributed by atoms with Crippen LogP contribution >= 0.6 is 0 Å². The van der Waals surface area contributed by atoms with Crippen molar-refractivity contribution in [1.29, 1.82) is 0 Å². The summed E-state index contributed by atoms with van der Waals surface area (Å²) in [6, 6.07) is 4.64. The summed E-state index contributed by atoms with van der Waals surface area (Å²) in [7, 11) is -3.42. The Balaban J connectivity index is 2.48. The van der Waals surface area contributed by atoms with E-state index in [0.717, 1.165) is 0 Å². The molecule has 1 aromatic carbocycles. The SMILES string of the molecule is CC(=O)c1ccc2c(c1)NS(=O)(=O)CO2. The topological polar surface area (TPSA) is 72.5 Å². The van der Waals surface area contributed by atoms with Gasteiger partial charge in [0.15, 0.2) is 5.78 Å². The van der Waals surface area contributed by atoms with E-state index >= 15 is 0 Å². The number of rotatable bonds is 1. The monoisotopic (exact) mass is 227 g/mol. The molecule has 0 bridgehead atoms. The molecule has 0 radical (unpaired) electrons. The molecule has 0 aliphatic carbocycles. The van der Waals surface area contributed by atoms with Gasteiger partial charge in [0.2, 0.25) is 5.94 Å². The number of hydrogen-bond donors (Lipinski definition) is 1. The molecule has 1 heterocycles. The Morgan fingerprint density at radius 1 is 1.47 bits per heavy atom. The van der Waals surface area contributed by atoms with Crippen LogP contribution in [0.3, 0.4) is 0 Å². The molecule has 0 saturated heterocycles. The summed E-state index contributed by atoms with van der Waals surface area (Å²) >= 11 is 0. The van der Waals surface area contributed by atoms with Crippen molar-refractivity contribution < 1.29 is 17.9 Å². The molecular formula is C9H9NO4S. The molecule has 0 fully saturated rings. The standard InChI is InChI=1S/C9H9NO4S/c1-6(11)7-2-3-9-8(4-7)10-15(12,13)5-14-9/h2-4,10H,5H2,1H3. The number of hydrogen-bond acceptors (Lipinski definition) is 4. The van der Waals surface area contributed by atoms with Gasteiger partial charge in [-0.3, -0.25) is 9.52 Å². The molecule has 80 valence electrons. The van der Waals surface area contributed by atoms with E-state index in [2.05, 4.69) is 4.72 Å². The molecule has 0 amide bonds. The summed E-state index contributed by atoms with van der Waals surface area (Å²) < 4.78 is 29.7. The Morgan fingerprint density at radius 2 is 2.20 bits per heavy atom. The Bertz CT molecular complexity index is 521. The third-order valence-electron chi connectivity index (χ3n) is 2.02. The normalized spacial score (nSPS) is 17.1. The van der Waals surface area contributed by atoms with Crippen molar-refractivity contribution in [3.63, 3.8) is 0 Å². The molecule has 1 N–H and O–H groups in total. The molecule has 1 aliphatic rings. The first-order valence-corrected chi connectivity index (χ1v) is 5.91. The number of fused-ring (bicyclic) bond motifs is 1. The maximum atomic E-state index is 11.2. The van der Waals surface area contributed by atoms with Crippen molar-refractivity contribution >= 4 is 21.5 Å². The third-order valence-corrected chi connectivity index (χ3v) is 2.98. The van der Waals surface area contributed by atoms with E-state index in [1.165, 1.54) is 13.0 Å². The minimum Gasteiger partial charge on any atom is -0.474 e. The largest absolute Gasteiger partial charge is 0.474 e. The Labute approximate surface area is 87.1 Å². The highest BCUT2D eigenvalue weighted by Gasteiger charge is 2.21. The van der Waals surface area contributed by atoms with Crippen LogP contribution in [-0.4, -0.2) is 20.1 Å². The molecule has 15 heavy (non-hydrogen) atoms. The average molecular weight is 227 g/mol. The molecule has 0 unspecified atom stereocenters. The molecule has 5 nitrogen and oxygen atoms in total. The summed E-state index contributed by atoms with van der Waals surface area (Å²) in [6.45, 7) is 1.42. The molecule has 0 saturated carbocycles. The molecule has 1 aliphatic heterocycles. The van der Waals surface area contributed by atoms with Gasteiger partial charge in [-0.05, 0) is 25.1 Å². The zero-order valence-corrected chi connectivity index (χ0v) is 8.80. The van der Waals surface area contributed by atoms with Crippen LogP contribution in [0.25, 0.3) is 0 Å². The van der Waals surface area contributed by atoms with Gasteiger partial charge in [0, 0.05) is 5.56 Å². The minimum absolute atomic E-state index is 0.123. The smallest absolute Gasteiger partial charge is 0.268 e. The molecule has 2 rings (SSSR count). The fraction of sp³-hybridized carbons (Fsp3) is 0.222. The van der Waals surface area contributed by atoms with Gasteiger partial charge in [-0.2, -0.15) is 0 Å². The highest BCUT2D eigenvalue weighted by Crippen LogP contribution is 2.30. The lowest BCUT2D eigenvalue weighted by Gasteiger charge is -2.19. The quantitative estimate of drug-likeness (QED) is 0.726. The second kappa shape index (κ2) is 3.23. The zero-order valence-electron chi connectivity index (χ0n) is 7.98. The predicted molar refractivity (Wildman–Crippen MR) is 54.5 cm³/mol. The number of anilines is 1. The van der Waals surface area contributed by atoms with Crippen LogP contribution < -0.4 is 9.46 Å². The molecular weight excluding hydrogens is 218 g/mol. The number of benzene rings is 1. The van der Waals surface area contributed by atoms with Crippen LogP contribution in [0.5, 0.6) is 5.75 Å². The first-order valence-electron chi connectivity index (χ1n) is 4.26. The lowest BCUT2D eigenvalue weighted by atomic mass is 10.1. The van der Waals surface area contributed by atoms with Gasteiger partial charge in [0.25, 0.3) is 10.0 Å². The summed E-state index contributed by atoms with van der Waals surface area (Å²) in [5, 5.41) is 0. The van der Waals surface area contributed by atoms with E-state index in [9.17, 15) is 13.2 Å². The van der Waals surface area contributed by atoms with E-state index in [0.29, 0.717) is 17.0 Å². The van der Waals surface area contributed by atoms with Crippen LogP contribution in [-0.2, 0) is 10.0 Å².